The minimum absolute atomic E-state index is 0.216. The highest BCUT2D eigenvalue weighted by molar-refractivity contribution is 5.84. The van der Waals surface area contributed by atoms with Crippen LogP contribution in [-0.4, -0.2) is 47.7 Å². The summed E-state index contributed by atoms with van der Waals surface area (Å²) < 4.78 is 0. The number of piperidine rings is 1. The molecule has 2 aliphatic rings. The van der Waals surface area contributed by atoms with Gasteiger partial charge in [0, 0.05) is 6.54 Å². The Bertz CT molecular complexity index is 305. The van der Waals surface area contributed by atoms with Gasteiger partial charge in [0.15, 0.2) is 0 Å². The SMILES string of the molecule is CCCC1(O)CN(C(=O)C2(CC)CCCNC2)C1. The molecule has 0 aromatic rings. The Morgan fingerprint density at radius 3 is 2.61 bits per heavy atom. The number of carbonyl (C=O) groups is 1. The molecule has 0 saturated carbocycles. The van der Waals surface area contributed by atoms with Crippen LogP contribution in [0.25, 0.3) is 0 Å². The molecule has 4 heteroatoms. The smallest absolute Gasteiger partial charge is 0.230 e. The van der Waals surface area contributed by atoms with Gasteiger partial charge < -0.3 is 15.3 Å². The van der Waals surface area contributed by atoms with Crippen molar-refractivity contribution in [3.63, 3.8) is 0 Å². The highest BCUT2D eigenvalue weighted by Crippen LogP contribution is 2.36. The second-order valence-corrected chi connectivity index (χ2v) is 6.05. The third-order valence-electron chi connectivity index (χ3n) is 4.58. The highest BCUT2D eigenvalue weighted by Gasteiger charge is 2.49. The topological polar surface area (TPSA) is 52.6 Å². The summed E-state index contributed by atoms with van der Waals surface area (Å²) in [6.45, 7) is 7.05. The molecule has 104 valence electrons. The first-order chi connectivity index (χ1) is 8.55. The number of rotatable bonds is 4. The van der Waals surface area contributed by atoms with Crippen molar-refractivity contribution >= 4 is 5.91 Å². The molecule has 0 spiro atoms. The van der Waals surface area contributed by atoms with Crippen molar-refractivity contribution in [3.8, 4) is 0 Å². The summed E-state index contributed by atoms with van der Waals surface area (Å²) in [7, 11) is 0. The lowest BCUT2D eigenvalue weighted by molar-refractivity contribution is -0.168. The summed E-state index contributed by atoms with van der Waals surface area (Å²) >= 11 is 0. The van der Waals surface area contributed by atoms with Gasteiger partial charge in [-0.25, -0.2) is 0 Å². The van der Waals surface area contributed by atoms with Crippen LogP contribution in [0.2, 0.25) is 0 Å². The second-order valence-electron chi connectivity index (χ2n) is 6.05. The van der Waals surface area contributed by atoms with Gasteiger partial charge in [-0.1, -0.05) is 20.3 Å². The van der Waals surface area contributed by atoms with Crippen LogP contribution in [-0.2, 0) is 4.79 Å². The Balaban J connectivity index is 1.95. The molecule has 1 amide bonds. The van der Waals surface area contributed by atoms with E-state index >= 15 is 0 Å². The van der Waals surface area contributed by atoms with Gasteiger partial charge in [0.05, 0.1) is 24.1 Å². The summed E-state index contributed by atoms with van der Waals surface area (Å²) in [4.78, 5) is 14.5. The van der Waals surface area contributed by atoms with Gasteiger partial charge >= 0.3 is 0 Å². The van der Waals surface area contributed by atoms with E-state index in [1.807, 2.05) is 4.90 Å². The fraction of sp³-hybridized carbons (Fsp3) is 0.929. The summed E-state index contributed by atoms with van der Waals surface area (Å²) in [6.07, 6.45) is 4.72. The monoisotopic (exact) mass is 254 g/mol. The third kappa shape index (κ3) is 2.41. The number of hydrogen-bond acceptors (Lipinski definition) is 3. The number of aliphatic hydroxyl groups is 1. The van der Waals surface area contributed by atoms with Gasteiger partial charge in [-0.3, -0.25) is 4.79 Å². The van der Waals surface area contributed by atoms with Crippen LogP contribution in [0, 0.1) is 5.41 Å². The van der Waals surface area contributed by atoms with E-state index in [0.29, 0.717) is 13.1 Å². The molecule has 1 atom stereocenters. The molecule has 2 aliphatic heterocycles. The van der Waals surface area contributed by atoms with E-state index in [-0.39, 0.29) is 11.3 Å². The van der Waals surface area contributed by atoms with Crippen molar-refractivity contribution in [3.05, 3.63) is 0 Å². The number of nitrogens with one attached hydrogen (secondary N) is 1. The van der Waals surface area contributed by atoms with Crippen molar-refractivity contribution in [2.45, 2.75) is 51.6 Å². The van der Waals surface area contributed by atoms with Crippen LogP contribution in [0.15, 0.2) is 0 Å². The number of carbonyl (C=O) groups excluding carboxylic acids is 1. The summed E-state index contributed by atoms with van der Waals surface area (Å²) in [5, 5.41) is 13.5. The van der Waals surface area contributed by atoms with Crippen LogP contribution in [0.3, 0.4) is 0 Å². The van der Waals surface area contributed by atoms with Crippen molar-refractivity contribution in [2.75, 3.05) is 26.2 Å². The predicted octanol–water partition coefficient (Wildman–Crippen LogP) is 1.14. The quantitative estimate of drug-likeness (QED) is 0.791. The van der Waals surface area contributed by atoms with Gasteiger partial charge in [-0.15, -0.1) is 0 Å². The van der Waals surface area contributed by atoms with Crippen molar-refractivity contribution < 1.29 is 9.90 Å². The molecule has 18 heavy (non-hydrogen) atoms. The number of nitrogens with zero attached hydrogens (tertiary/aromatic N) is 1. The molecule has 0 aromatic carbocycles. The van der Waals surface area contributed by atoms with Gasteiger partial charge in [-0.2, -0.15) is 0 Å². The second kappa shape index (κ2) is 5.17. The molecule has 0 radical (unpaired) electrons. The van der Waals surface area contributed by atoms with Crippen LogP contribution in [0.5, 0.6) is 0 Å². The highest BCUT2D eigenvalue weighted by atomic mass is 16.3. The Labute approximate surface area is 110 Å². The number of β-amino-alcohol motifs (C(OH)–C–C–N with tert-alkyl or cyclic N) is 1. The molecule has 2 rings (SSSR count). The first kappa shape index (κ1) is 13.8. The van der Waals surface area contributed by atoms with Crippen LogP contribution in [0.4, 0.5) is 0 Å². The first-order valence-corrected chi connectivity index (χ1v) is 7.28. The van der Waals surface area contributed by atoms with E-state index in [1.165, 1.54) is 0 Å². The summed E-state index contributed by atoms with van der Waals surface area (Å²) in [5.74, 6) is 0.248. The number of likely N-dealkylation sites (tertiary alicyclic amines) is 1. The minimum atomic E-state index is -0.610. The molecule has 2 saturated heterocycles. The van der Waals surface area contributed by atoms with Crippen LogP contribution in [0.1, 0.15) is 46.0 Å². The Hall–Kier alpha value is -0.610. The summed E-state index contributed by atoms with van der Waals surface area (Å²) in [6, 6.07) is 0. The van der Waals surface area contributed by atoms with E-state index < -0.39 is 5.60 Å². The summed E-state index contributed by atoms with van der Waals surface area (Å²) in [5.41, 5.74) is -0.826. The number of amides is 1. The average molecular weight is 254 g/mol. The maximum absolute atomic E-state index is 12.6. The Kier molecular flexibility index (Phi) is 3.97. The standard InChI is InChI=1S/C14H26N2O2/c1-3-6-14(18)10-16(11-14)12(17)13(4-2)7-5-8-15-9-13/h15,18H,3-11H2,1-2H3. The molecule has 2 fully saturated rings. The zero-order chi connectivity index (χ0) is 13.2. The molecular formula is C14H26N2O2. The normalized spacial score (nSPS) is 30.9. The van der Waals surface area contributed by atoms with Gasteiger partial charge in [0.1, 0.15) is 0 Å². The fourth-order valence-corrected chi connectivity index (χ4v) is 3.37. The minimum Gasteiger partial charge on any atom is -0.386 e. The van der Waals surface area contributed by atoms with Crippen molar-refractivity contribution in [2.24, 2.45) is 5.41 Å². The fourth-order valence-electron chi connectivity index (χ4n) is 3.37. The van der Waals surface area contributed by atoms with Crippen LogP contribution >= 0.6 is 0 Å². The number of hydrogen-bond donors (Lipinski definition) is 2. The third-order valence-corrected chi connectivity index (χ3v) is 4.58. The van der Waals surface area contributed by atoms with Crippen molar-refractivity contribution in [1.82, 2.24) is 10.2 Å². The lowest BCUT2D eigenvalue weighted by Gasteiger charge is -2.50. The predicted molar refractivity (Wildman–Crippen MR) is 71.3 cm³/mol. The Morgan fingerprint density at radius 1 is 1.39 bits per heavy atom. The molecular weight excluding hydrogens is 228 g/mol. The Morgan fingerprint density at radius 2 is 2.11 bits per heavy atom. The zero-order valence-electron chi connectivity index (χ0n) is 11.7. The molecule has 0 aliphatic carbocycles. The molecule has 1 unspecified atom stereocenters. The first-order valence-electron chi connectivity index (χ1n) is 7.28. The molecule has 2 N–H and O–H groups in total. The maximum atomic E-state index is 12.6. The van der Waals surface area contributed by atoms with Crippen LogP contribution < -0.4 is 5.32 Å². The molecule has 0 bridgehead atoms. The van der Waals surface area contributed by atoms with Gasteiger partial charge in [0.2, 0.25) is 5.91 Å². The lowest BCUT2D eigenvalue weighted by atomic mass is 9.75. The maximum Gasteiger partial charge on any atom is 0.230 e. The molecule has 4 nitrogen and oxygen atoms in total. The van der Waals surface area contributed by atoms with E-state index in [4.69, 9.17) is 0 Å². The van der Waals surface area contributed by atoms with Gasteiger partial charge in [-0.05, 0) is 32.2 Å². The largest absolute Gasteiger partial charge is 0.386 e. The lowest BCUT2D eigenvalue weighted by Crippen LogP contribution is -2.67. The zero-order valence-corrected chi connectivity index (χ0v) is 11.7. The molecule has 2 heterocycles. The average Bonchev–Trinajstić information content (AvgIpc) is 2.36. The van der Waals surface area contributed by atoms with E-state index in [1.54, 1.807) is 0 Å². The van der Waals surface area contributed by atoms with Gasteiger partial charge in [0.25, 0.3) is 0 Å². The van der Waals surface area contributed by atoms with E-state index in [9.17, 15) is 9.90 Å². The van der Waals surface area contributed by atoms with E-state index in [2.05, 4.69) is 19.2 Å². The van der Waals surface area contributed by atoms with Crippen molar-refractivity contribution in [1.29, 1.82) is 0 Å². The molecule has 0 aromatic heterocycles. The van der Waals surface area contributed by atoms with E-state index in [0.717, 1.165) is 45.2 Å².